The van der Waals surface area contributed by atoms with Crippen molar-refractivity contribution in [2.75, 3.05) is 0 Å². The lowest BCUT2D eigenvalue weighted by Crippen LogP contribution is -2.22. The lowest BCUT2D eigenvalue weighted by Gasteiger charge is -2.26. The molecule has 1 nitrogen and oxygen atoms in total. The summed E-state index contributed by atoms with van der Waals surface area (Å²) in [5.74, 6) is 0.744. The summed E-state index contributed by atoms with van der Waals surface area (Å²) < 4.78 is 0. The van der Waals surface area contributed by atoms with Crippen molar-refractivity contribution in [2.24, 2.45) is 5.92 Å². The highest BCUT2D eigenvalue weighted by Crippen LogP contribution is 2.29. The van der Waals surface area contributed by atoms with Gasteiger partial charge in [0.05, 0.1) is 6.10 Å². The molecule has 1 aromatic rings. The molecule has 0 heterocycles. The summed E-state index contributed by atoms with van der Waals surface area (Å²) in [6.45, 7) is 6.36. The lowest BCUT2D eigenvalue weighted by molar-refractivity contribution is 0.118. The number of benzene rings is 1. The van der Waals surface area contributed by atoms with Crippen molar-refractivity contribution in [1.82, 2.24) is 0 Å². The van der Waals surface area contributed by atoms with Gasteiger partial charge >= 0.3 is 0 Å². The van der Waals surface area contributed by atoms with Crippen molar-refractivity contribution in [3.8, 4) is 0 Å². The molecule has 0 amide bonds. The molecule has 0 aliphatic heterocycles. The summed E-state index contributed by atoms with van der Waals surface area (Å²) >= 11 is 0. The Hall–Kier alpha value is -0.820. The zero-order valence-electron chi connectivity index (χ0n) is 9.27. The van der Waals surface area contributed by atoms with E-state index in [2.05, 4.69) is 26.0 Å². The fourth-order valence-corrected chi connectivity index (χ4v) is 1.98. The fraction of sp³-hybridized carbons (Fsp3) is 0.538. The van der Waals surface area contributed by atoms with E-state index in [-0.39, 0.29) is 12.0 Å². The summed E-state index contributed by atoms with van der Waals surface area (Å²) in [4.78, 5) is 0. The molecule has 0 saturated heterocycles. The van der Waals surface area contributed by atoms with Gasteiger partial charge < -0.3 is 5.11 Å². The second kappa shape index (κ2) is 5.16. The van der Waals surface area contributed by atoms with E-state index in [1.165, 1.54) is 5.56 Å². The minimum absolute atomic E-state index is 0.225. The van der Waals surface area contributed by atoms with Crippen LogP contribution >= 0.6 is 0 Å². The maximum absolute atomic E-state index is 9.94. The third-order valence-electron chi connectivity index (χ3n) is 2.74. The van der Waals surface area contributed by atoms with E-state index in [1.54, 1.807) is 0 Å². The first-order valence-corrected chi connectivity index (χ1v) is 5.39. The molecule has 1 rings (SSSR count). The van der Waals surface area contributed by atoms with Crippen molar-refractivity contribution >= 4 is 0 Å². The summed E-state index contributed by atoms with van der Waals surface area (Å²) in [6, 6.07) is 10.3. The summed E-state index contributed by atoms with van der Waals surface area (Å²) in [7, 11) is 0. The standard InChI is InChI=1S/C13H20O/c1-4-12(14)13(10(2)3)11-8-6-5-7-9-11/h5-10,12-14H,4H2,1-3H3/t12-,13+/m1/s1. The minimum atomic E-state index is -0.225. The van der Waals surface area contributed by atoms with E-state index in [0.717, 1.165) is 6.42 Å². The average Bonchev–Trinajstić information content (AvgIpc) is 2.19. The van der Waals surface area contributed by atoms with Crippen LogP contribution < -0.4 is 0 Å². The highest BCUT2D eigenvalue weighted by atomic mass is 16.3. The molecule has 0 aromatic heterocycles. The molecule has 1 heteroatoms. The number of rotatable bonds is 4. The Bertz CT molecular complexity index is 253. The van der Waals surface area contributed by atoms with Crippen LogP contribution in [0.4, 0.5) is 0 Å². The number of hydrogen-bond acceptors (Lipinski definition) is 1. The van der Waals surface area contributed by atoms with Crippen LogP contribution in [0.15, 0.2) is 30.3 Å². The van der Waals surface area contributed by atoms with Gasteiger partial charge in [0.25, 0.3) is 0 Å². The third kappa shape index (κ3) is 2.58. The van der Waals surface area contributed by atoms with Crippen molar-refractivity contribution in [3.63, 3.8) is 0 Å². The zero-order valence-corrected chi connectivity index (χ0v) is 9.27. The molecule has 0 fully saturated rings. The molecule has 0 aliphatic rings. The maximum Gasteiger partial charge on any atom is 0.0608 e. The van der Waals surface area contributed by atoms with Gasteiger partial charge in [-0.2, -0.15) is 0 Å². The highest BCUT2D eigenvalue weighted by molar-refractivity contribution is 5.21. The van der Waals surface area contributed by atoms with Crippen LogP contribution in [-0.2, 0) is 0 Å². The molecule has 0 aliphatic carbocycles. The van der Waals surface area contributed by atoms with Crippen molar-refractivity contribution in [3.05, 3.63) is 35.9 Å². The number of aliphatic hydroxyl groups excluding tert-OH is 1. The van der Waals surface area contributed by atoms with Gasteiger partial charge in [-0.15, -0.1) is 0 Å². The predicted molar refractivity (Wildman–Crippen MR) is 60.3 cm³/mol. The SMILES string of the molecule is CC[C@@H](O)[C@H](c1ccccc1)C(C)C. The Kier molecular flexibility index (Phi) is 4.15. The average molecular weight is 192 g/mol. The van der Waals surface area contributed by atoms with E-state index < -0.39 is 0 Å². The molecular formula is C13H20O. The topological polar surface area (TPSA) is 20.2 Å². The Morgan fingerprint density at radius 3 is 2.14 bits per heavy atom. The van der Waals surface area contributed by atoms with Gasteiger partial charge in [0.15, 0.2) is 0 Å². The number of aliphatic hydroxyl groups is 1. The van der Waals surface area contributed by atoms with E-state index in [9.17, 15) is 5.11 Å². The lowest BCUT2D eigenvalue weighted by atomic mass is 9.83. The normalized spacial score (nSPS) is 15.5. The number of hydrogen-bond donors (Lipinski definition) is 1. The molecule has 0 unspecified atom stereocenters. The minimum Gasteiger partial charge on any atom is -0.392 e. The summed E-state index contributed by atoms with van der Waals surface area (Å²) in [5.41, 5.74) is 1.25. The van der Waals surface area contributed by atoms with Crippen LogP contribution in [-0.4, -0.2) is 11.2 Å². The predicted octanol–water partition coefficient (Wildman–Crippen LogP) is 3.20. The fourth-order valence-electron chi connectivity index (χ4n) is 1.98. The zero-order chi connectivity index (χ0) is 10.6. The van der Waals surface area contributed by atoms with Gasteiger partial charge in [0.1, 0.15) is 0 Å². The van der Waals surface area contributed by atoms with E-state index in [4.69, 9.17) is 0 Å². The van der Waals surface area contributed by atoms with Crippen LogP contribution in [0.1, 0.15) is 38.7 Å². The van der Waals surface area contributed by atoms with Crippen LogP contribution in [0.5, 0.6) is 0 Å². The van der Waals surface area contributed by atoms with E-state index >= 15 is 0 Å². The first-order chi connectivity index (χ1) is 6.66. The molecule has 0 saturated carbocycles. The maximum atomic E-state index is 9.94. The highest BCUT2D eigenvalue weighted by Gasteiger charge is 2.22. The quantitative estimate of drug-likeness (QED) is 0.776. The largest absolute Gasteiger partial charge is 0.392 e. The Labute approximate surface area is 86.8 Å². The smallest absolute Gasteiger partial charge is 0.0608 e. The summed E-state index contributed by atoms with van der Waals surface area (Å²) in [5, 5.41) is 9.94. The van der Waals surface area contributed by atoms with Crippen molar-refractivity contribution < 1.29 is 5.11 Å². The molecule has 0 spiro atoms. The van der Waals surface area contributed by atoms with Crippen molar-refractivity contribution in [2.45, 2.75) is 39.2 Å². The van der Waals surface area contributed by atoms with Crippen molar-refractivity contribution in [1.29, 1.82) is 0 Å². The second-order valence-electron chi connectivity index (χ2n) is 4.16. The molecule has 0 bridgehead atoms. The van der Waals surface area contributed by atoms with Gasteiger partial charge in [-0.3, -0.25) is 0 Å². The molecule has 1 N–H and O–H groups in total. The third-order valence-corrected chi connectivity index (χ3v) is 2.74. The molecule has 2 atom stereocenters. The Morgan fingerprint density at radius 2 is 1.71 bits per heavy atom. The monoisotopic (exact) mass is 192 g/mol. The molecule has 1 aromatic carbocycles. The molecule has 0 radical (unpaired) electrons. The van der Waals surface area contributed by atoms with Crippen LogP contribution in [0.2, 0.25) is 0 Å². The van der Waals surface area contributed by atoms with E-state index in [0.29, 0.717) is 5.92 Å². The second-order valence-corrected chi connectivity index (χ2v) is 4.16. The summed E-state index contributed by atoms with van der Waals surface area (Å²) in [6.07, 6.45) is 0.593. The van der Waals surface area contributed by atoms with Gasteiger partial charge in [0.2, 0.25) is 0 Å². The van der Waals surface area contributed by atoms with Gasteiger partial charge in [-0.1, -0.05) is 51.1 Å². The Morgan fingerprint density at radius 1 is 1.14 bits per heavy atom. The van der Waals surface area contributed by atoms with Crippen LogP contribution in [0, 0.1) is 5.92 Å². The van der Waals surface area contributed by atoms with Gasteiger partial charge in [-0.05, 0) is 17.9 Å². The molecule has 14 heavy (non-hydrogen) atoms. The van der Waals surface area contributed by atoms with Crippen LogP contribution in [0.25, 0.3) is 0 Å². The van der Waals surface area contributed by atoms with E-state index in [1.807, 2.05) is 25.1 Å². The first kappa shape index (κ1) is 11.3. The van der Waals surface area contributed by atoms with Crippen LogP contribution in [0.3, 0.4) is 0 Å². The van der Waals surface area contributed by atoms with Gasteiger partial charge in [-0.25, -0.2) is 0 Å². The first-order valence-electron chi connectivity index (χ1n) is 5.39. The molecular weight excluding hydrogens is 172 g/mol. The molecule has 78 valence electrons. The Balaban J connectivity index is 2.89. The van der Waals surface area contributed by atoms with Gasteiger partial charge in [0, 0.05) is 5.92 Å².